The lowest BCUT2D eigenvalue weighted by Gasteiger charge is -2.27. The Balaban J connectivity index is 5.32. The van der Waals surface area contributed by atoms with Crippen LogP contribution in [0.25, 0.3) is 0 Å². The predicted molar refractivity (Wildman–Crippen MR) is 106 cm³/mol. The van der Waals surface area contributed by atoms with Gasteiger partial charge in [-0.3, -0.25) is 24.0 Å². The van der Waals surface area contributed by atoms with Gasteiger partial charge in [0.05, 0.1) is 25.5 Å². The highest BCUT2D eigenvalue weighted by molar-refractivity contribution is 5.95. The van der Waals surface area contributed by atoms with Crippen molar-refractivity contribution in [1.82, 2.24) is 16.0 Å². The first-order valence-electron chi connectivity index (χ1n) is 9.40. The summed E-state index contributed by atoms with van der Waals surface area (Å²) in [6, 6.07) is -5.71. The molecule has 0 saturated heterocycles. The van der Waals surface area contributed by atoms with E-state index >= 15 is 0 Å². The van der Waals surface area contributed by atoms with Crippen molar-refractivity contribution in [3.8, 4) is 0 Å². The number of hydrogen-bond acceptors (Lipinski definition) is 8. The minimum atomic E-state index is -1.66. The lowest BCUT2D eigenvalue weighted by molar-refractivity contribution is -0.144. The third-order valence-electron chi connectivity index (χ3n) is 4.39. The number of aliphatic hydroxyl groups excluding tert-OH is 1. The fourth-order valence-electron chi connectivity index (χ4n) is 2.40. The van der Waals surface area contributed by atoms with E-state index in [4.69, 9.17) is 22.3 Å². The van der Waals surface area contributed by atoms with Gasteiger partial charge in [-0.25, -0.2) is 4.79 Å². The van der Waals surface area contributed by atoms with E-state index in [1.165, 1.54) is 0 Å². The Bertz CT molecular complexity index is 700. The Morgan fingerprint density at radius 3 is 1.77 bits per heavy atom. The Kier molecular flexibility index (Phi) is 11.7. The third-order valence-corrected chi connectivity index (χ3v) is 4.39. The number of nitrogens with two attached hydrogens (primary N) is 3. The zero-order chi connectivity index (χ0) is 24.3. The molecule has 0 saturated carbocycles. The second-order valence-electron chi connectivity index (χ2n) is 6.96. The number of carboxylic acid groups (broad SMARTS) is 1. The monoisotopic (exact) mass is 446 g/mol. The zero-order valence-electron chi connectivity index (χ0n) is 17.3. The van der Waals surface area contributed by atoms with Crippen LogP contribution in [0, 0.1) is 5.92 Å². The van der Waals surface area contributed by atoms with Gasteiger partial charge in [-0.15, -0.1) is 0 Å². The van der Waals surface area contributed by atoms with Crippen molar-refractivity contribution in [3.63, 3.8) is 0 Å². The number of primary amides is 2. The molecule has 0 aromatic heterocycles. The summed E-state index contributed by atoms with van der Waals surface area (Å²) >= 11 is 0. The van der Waals surface area contributed by atoms with Gasteiger partial charge >= 0.3 is 5.97 Å². The molecule has 0 radical (unpaired) electrons. The Morgan fingerprint density at radius 1 is 0.839 bits per heavy atom. The SMILES string of the molecule is CCC(C)C(NC(=O)C(N)CC(N)=O)C(=O)NC(CO)C(=O)NC(CC(N)=O)C(=O)O. The van der Waals surface area contributed by atoms with Crippen LogP contribution in [-0.4, -0.2) is 76.5 Å². The topological polar surface area (TPSA) is 257 Å². The summed E-state index contributed by atoms with van der Waals surface area (Å²) in [5.41, 5.74) is 15.5. The average molecular weight is 446 g/mol. The van der Waals surface area contributed by atoms with Crippen LogP contribution in [0.1, 0.15) is 33.1 Å². The summed E-state index contributed by atoms with van der Waals surface area (Å²) < 4.78 is 0. The molecular weight excluding hydrogens is 416 g/mol. The van der Waals surface area contributed by atoms with Gasteiger partial charge in [-0.05, 0) is 5.92 Å². The van der Waals surface area contributed by atoms with Crippen molar-refractivity contribution >= 4 is 35.5 Å². The minimum Gasteiger partial charge on any atom is -0.480 e. The van der Waals surface area contributed by atoms with Gasteiger partial charge in [0.1, 0.15) is 18.1 Å². The summed E-state index contributed by atoms with van der Waals surface area (Å²) in [7, 11) is 0. The molecule has 14 heteroatoms. The van der Waals surface area contributed by atoms with Crippen molar-refractivity contribution in [2.75, 3.05) is 6.61 Å². The fraction of sp³-hybridized carbons (Fsp3) is 0.647. The molecule has 31 heavy (non-hydrogen) atoms. The van der Waals surface area contributed by atoms with Crippen LogP contribution in [-0.2, 0) is 28.8 Å². The lowest BCUT2D eigenvalue weighted by Crippen LogP contribution is -2.59. The zero-order valence-corrected chi connectivity index (χ0v) is 17.3. The van der Waals surface area contributed by atoms with Crippen molar-refractivity contribution < 1.29 is 39.0 Å². The first kappa shape index (κ1) is 27.7. The molecule has 0 aliphatic rings. The van der Waals surface area contributed by atoms with E-state index in [9.17, 15) is 33.9 Å². The molecular formula is C17H30N6O8. The first-order valence-corrected chi connectivity index (χ1v) is 9.40. The Labute approximate surface area is 178 Å². The molecule has 0 spiro atoms. The van der Waals surface area contributed by atoms with E-state index in [0.29, 0.717) is 6.42 Å². The highest BCUT2D eigenvalue weighted by Crippen LogP contribution is 2.09. The summed E-state index contributed by atoms with van der Waals surface area (Å²) in [5.74, 6) is -6.53. The standard InChI is InChI=1S/C17H30N6O8/c1-3-7(2)13(23-14(27)8(18)4-11(19)25)16(29)22-10(6-24)15(28)21-9(17(30)31)5-12(20)26/h7-10,13,24H,3-6,18H2,1-2H3,(H2,19,25)(H2,20,26)(H,21,28)(H,22,29)(H,23,27)(H,30,31). The van der Waals surface area contributed by atoms with Gasteiger partial charge in [0.2, 0.25) is 29.5 Å². The molecule has 5 unspecified atom stereocenters. The number of carbonyl (C=O) groups excluding carboxylic acids is 5. The van der Waals surface area contributed by atoms with E-state index in [1.807, 2.05) is 5.32 Å². The molecule has 0 bridgehead atoms. The van der Waals surface area contributed by atoms with Gasteiger partial charge in [0, 0.05) is 0 Å². The number of nitrogens with one attached hydrogen (secondary N) is 3. The van der Waals surface area contributed by atoms with Crippen molar-refractivity contribution in [2.24, 2.45) is 23.1 Å². The van der Waals surface area contributed by atoms with E-state index in [0.717, 1.165) is 0 Å². The smallest absolute Gasteiger partial charge is 0.326 e. The van der Waals surface area contributed by atoms with Gasteiger partial charge in [-0.1, -0.05) is 20.3 Å². The number of carbonyl (C=O) groups is 6. The second-order valence-corrected chi connectivity index (χ2v) is 6.96. The van der Waals surface area contributed by atoms with Gasteiger partial charge in [-0.2, -0.15) is 0 Å². The molecule has 0 aromatic carbocycles. The number of hydrogen-bond donors (Lipinski definition) is 8. The molecule has 5 atom stereocenters. The van der Waals surface area contributed by atoms with Crippen LogP contribution >= 0.6 is 0 Å². The molecule has 0 aliphatic heterocycles. The number of amides is 5. The highest BCUT2D eigenvalue weighted by Gasteiger charge is 2.32. The number of aliphatic carboxylic acids is 1. The summed E-state index contributed by atoms with van der Waals surface area (Å²) in [6.45, 7) is 2.46. The first-order chi connectivity index (χ1) is 14.3. The maximum Gasteiger partial charge on any atom is 0.326 e. The molecule has 176 valence electrons. The van der Waals surface area contributed by atoms with Crippen LogP contribution in [0.5, 0.6) is 0 Å². The summed E-state index contributed by atoms with van der Waals surface area (Å²) in [6.07, 6.45) is -0.714. The van der Waals surface area contributed by atoms with Crippen LogP contribution in [0.4, 0.5) is 0 Å². The van der Waals surface area contributed by atoms with E-state index in [2.05, 4.69) is 10.6 Å². The lowest BCUT2D eigenvalue weighted by atomic mass is 9.97. The minimum absolute atomic E-state index is 0.430. The van der Waals surface area contributed by atoms with Crippen LogP contribution in [0.15, 0.2) is 0 Å². The Morgan fingerprint density at radius 2 is 1.35 bits per heavy atom. The van der Waals surface area contributed by atoms with Crippen molar-refractivity contribution in [3.05, 3.63) is 0 Å². The molecule has 0 aliphatic carbocycles. The molecule has 14 nitrogen and oxygen atoms in total. The number of aliphatic hydroxyl groups is 1. The van der Waals surface area contributed by atoms with Gasteiger partial charge in [0.15, 0.2) is 0 Å². The highest BCUT2D eigenvalue weighted by atomic mass is 16.4. The van der Waals surface area contributed by atoms with Crippen LogP contribution in [0.3, 0.4) is 0 Å². The van der Waals surface area contributed by atoms with E-state index in [-0.39, 0.29) is 0 Å². The number of carboxylic acids is 1. The molecule has 0 aromatic rings. The average Bonchev–Trinajstić information content (AvgIpc) is 2.67. The number of rotatable bonds is 14. The van der Waals surface area contributed by atoms with Gasteiger partial charge < -0.3 is 43.4 Å². The molecule has 0 fully saturated rings. The maximum absolute atomic E-state index is 12.7. The van der Waals surface area contributed by atoms with Crippen LogP contribution < -0.4 is 33.2 Å². The largest absolute Gasteiger partial charge is 0.480 e. The molecule has 11 N–H and O–H groups in total. The summed E-state index contributed by atoms with van der Waals surface area (Å²) in [5, 5.41) is 25.1. The quantitative estimate of drug-likeness (QED) is 0.128. The molecule has 0 heterocycles. The second kappa shape index (κ2) is 13.1. The molecule has 5 amide bonds. The molecule has 0 rings (SSSR count). The normalized spacial score (nSPS) is 15.5. The van der Waals surface area contributed by atoms with E-state index in [1.54, 1.807) is 13.8 Å². The van der Waals surface area contributed by atoms with Gasteiger partial charge in [0.25, 0.3) is 0 Å². The maximum atomic E-state index is 12.7. The van der Waals surface area contributed by atoms with Crippen LogP contribution in [0.2, 0.25) is 0 Å². The van der Waals surface area contributed by atoms with Crippen molar-refractivity contribution in [2.45, 2.75) is 57.3 Å². The predicted octanol–water partition coefficient (Wildman–Crippen LogP) is -4.36. The Hall–Kier alpha value is -3.26. The third kappa shape index (κ3) is 9.86. The summed E-state index contributed by atoms with van der Waals surface area (Å²) in [4.78, 5) is 70.1. The van der Waals surface area contributed by atoms with E-state index < -0.39 is 85.0 Å². The fourth-order valence-corrected chi connectivity index (χ4v) is 2.40. The van der Waals surface area contributed by atoms with Crippen molar-refractivity contribution in [1.29, 1.82) is 0 Å².